The summed E-state index contributed by atoms with van der Waals surface area (Å²) in [7, 11) is 2.27. The summed E-state index contributed by atoms with van der Waals surface area (Å²) in [6.07, 6.45) is 5.70. The van der Waals surface area contributed by atoms with E-state index in [9.17, 15) is 4.39 Å². The van der Waals surface area contributed by atoms with Crippen molar-refractivity contribution in [2.24, 2.45) is 0 Å². The van der Waals surface area contributed by atoms with E-state index < -0.39 is 0 Å². The van der Waals surface area contributed by atoms with Crippen LogP contribution in [0.2, 0.25) is 0 Å². The molecule has 0 N–H and O–H groups in total. The van der Waals surface area contributed by atoms with Gasteiger partial charge in [-0.3, -0.25) is 4.90 Å². The molecule has 2 aliphatic heterocycles. The van der Waals surface area contributed by atoms with Crippen LogP contribution in [0.25, 0.3) is 22.7 Å². The van der Waals surface area contributed by atoms with Gasteiger partial charge in [0.2, 0.25) is 0 Å². The summed E-state index contributed by atoms with van der Waals surface area (Å²) in [5.74, 6) is -0.160. The molecule has 2 atom stereocenters. The smallest absolute Gasteiger partial charge is 0.130 e. The van der Waals surface area contributed by atoms with Crippen LogP contribution in [0.4, 0.5) is 4.39 Å². The Morgan fingerprint density at radius 3 is 2.78 bits per heavy atom. The molecule has 0 aliphatic carbocycles. The number of likely N-dealkylation sites (N-methyl/N-ethyl adjacent to an activating group) is 1. The standard InChI is InChI=1S/C24H25FN2/c1-15-8-10-21-19(12-15)24-22-11-9-17(26(22)3)13-23(24)27(21)14-16(2)18-6-4-5-7-20(18)25/h4-8,10,12,14,17,22H,9,11,13H2,1-3H3/b16-14+. The third kappa shape index (κ3) is 2.49. The molecule has 27 heavy (non-hydrogen) atoms. The van der Waals surface area contributed by atoms with E-state index in [0.717, 1.165) is 12.0 Å². The largest absolute Gasteiger partial charge is 0.320 e. The van der Waals surface area contributed by atoms with Gasteiger partial charge in [0.1, 0.15) is 5.82 Å². The lowest BCUT2D eigenvalue weighted by Gasteiger charge is -2.32. The summed E-state index contributed by atoms with van der Waals surface area (Å²) >= 11 is 0. The first-order valence-corrected chi connectivity index (χ1v) is 9.83. The highest BCUT2D eigenvalue weighted by Crippen LogP contribution is 2.47. The molecule has 2 aliphatic rings. The number of rotatable bonds is 2. The molecule has 2 nitrogen and oxygen atoms in total. The summed E-state index contributed by atoms with van der Waals surface area (Å²) in [4.78, 5) is 2.56. The van der Waals surface area contributed by atoms with Gasteiger partial charge in [-0.25, -0.2) is 4.39 Å². The molecular formula is C24H25FN2. The Bertz CT molecular complexity index is 1080. The van der Waals surface area contributed by atoms with E-state index in [1.54, 1.807) is 6.07 Å². The summed E-state index contributed by atoms with van der Waals surface area (Å²) in [5.41, 5.74) is 7.07. The first-order chi connectivity index (χ1) is 13.0. The van der Waals surface area contributed by atoms with E-state index in [0.29, 0.717) is 17.6 Å². The second-order valence-corrected chi connectivity index (χ2v) is 8.16. The van der Waals surface area contributed by atoms with Crippen LogP contribution in [0.1, 0.15) is 48.2 Å². The number of hydrogen-bond donors (Lipinski definition) is 0. The molecule has 2 bridgehead atoms. The van der Waals surface area contributed by atoms with Crippen molar-refractivity contribution in [1.82, 2.24) is 9.47 Å². The van der Waals surface area contributed by atoms with Crippen LogP contribution in [0.5, 0.6) is 0 Å². The first kappa shape index (κ1) is 16.8. The predicted octanol–water partition coefficient (Wildman–Crippen LogP) is 5.80. The maximum Gasteiger partial charge on any atom is 0.130 e. The summed E-state index contributed by atoms with van der Waals surface area (Å²) in [6.45, 7) is 4.17. The third-order valence-electron chi connectivity index (χ3n) is 6.53. The molecule has 1 aromatic heterocycles. The number of nitrogens with zero attached hydrogens (tertiary/aromatic N) is 2. The van der Waals surface area contributed by atoms with Crippen molar-refractivity contribution in [3.8, 4) is 0 Å². The van der Waals surface area contributed by atoms with Crippen LogP contribution >= 0.6 is 0 Å². The van der Waals surface area contributed by atoms with Crippen LogP contribution in [0.3, 0.4) is 0 Å². The summed E-state index contributed by atoms with van der Waals surface area (Å²) < 4.78 is 16.6. The molecule has 0 spiro atoms. The summed E-state index contributed by atoms with van der Waals surface area (Å²) in [6, 6.07) is 14.9. The van der Waals surface area contributed by atoms with Gasteiger partial charge in [0, 0.05) is 41.3 Å². The van der Waals surface area contributed by atoms with Gasteiger partial charge in [0.25, 0.3) is 0 Å². The van der Waals surface area contributed by atoms with Crippen molar-refractivity contribution >= 4 is 22.7 Å². The van der Waals surface area contributed by atoms with E-state index in [1.807, 2.05) is 19.1 Å². The van der Waals surface area contributed by atoms with Crippen LogP contribution in [-0.4, -0.2) is 22.6 Å². The van der Waals surface area contributed by atoms with Crippen molar-refractivity contribution < 1.29 is 4.39 Å². The zero-order valence-corrected chi connectivity index (χ0v) is 16.2. The first-order valence-electron chi connectivity index (χ1n) is 9.83. The minimum absolute atomic E-state index is 0.160. The average Bonchev–Trinajstić information content (AvgIpc) is 3.06. The second kappa shape index (κ2) is 6.07. The third-order valence-corrected chi connectivity index (χ3v) is 6.53. The predicted molar refractivity (Wildman–Crippen MR) is 110 cm³/mol. The van der Waals surface area contributed by atoms with E-state index in [1.165, 1.54) is 46.6 Å². The lowest BCUT2D eigenvalue weighted by Crippen LogP contribution is -2.34. The minimum Gasteiger partial charge on any atom is -0.320 e. The number of aromatic nitrogens is 1. The zero-order valence-electron chi connectivity index (χ0n) is 16.2. The van der Waals surface area contributed by atoms with Crippen molar-refractivity contribution in [3.05, 3.63) is 70.7 Å². The van der Waals surface area contributed by atoms with Crippen molar-refractivity contribution in [1.29, 1.82) is 0 Å². The van der Waals surface area contributed by atoms with Crippen LogP contribution in [-0.2, 0) is 6.42 Å². The van der Waals surface area contributed by atoms with E-state index in [-0.39, 0.29) is 5.82 Å². The maximum atomic E-state index is 14.3. The van der Waals surface area contributed by atoms with Crippen LogP contribution < -0.4 is 0 Å². The highest BCUT2D eigenvalue weighted by atomic mass is 19.1. The Kier molecular flexibility index (Phi) is 3.76. The van der Waals surface area contributed by atoms with Gasteiger partial charge < -0.3 is 4.57 Å². The molecular weight excluding hydrogens is 335 g/mol. The Morgan fingerprint density at radius 2 is 1.96 bits per heavy atom. The molecule has 3 heteroatoms. The Morgan fingerprint density at radius 1 is 1.15 bits per heavy atom. The highest BCUT2D eigenvalue weighted by molar-refractivity contribution is 5.91. The minimum atomic E-state index is -0.160. The lowest BCUT2D eigenvalue weighted by molar-refractivity contribution is 0.223. The molecule has 1 fully saturated rings. The molecule has 2 unspecified atom stereocenters. The van der Waals surface area contributed by atoms with Crippen molar-refractivity contribution in [2.75, 3.05) is 7.05 Å². The van der Waals surface area contributed by atoms with E-state index in [4.69, 9.17) is 0 Å². The zero-order chi connectivity index (χ0) is 18.7. The molecule has 0 saturated carbocycles. The second-order valence-electron chi connectivity index (χ2n) is 8.16. The lowest BCUT2D eigenvalue weighted by atomic mass is 9.97. The van der Waals surface area contributed by atoms with E-state index >= 15 is 0 Å². The molecule has 0 radical (unpaired) electrons. The van der Waals surface area contributed by atoms with Gasteiger partial charge in [0.05, 0.1) is 5.52 Å². The number of benzene rings is 2. The molecule has 3 aromatic rings. The fourth-order valence-corrected chi connectivity index (χ4v) is 5.11. The maximum absolute atomic E-state index is 14.3. The van der Waals surface area contributed by atoms with Crippen molar-refractivity contribution in [2.45, 2.75) is 45.2 Å². The van der Waals surface area contributed by atoms with Crippen LogP contribution in [0, 0.1) is 12.7 Å². The number of hydrogen-bond acceptors (Lipinski definition) is 1. The quantitative estimate of drug-likeness (QED) is 0.561. The number of aryl methyl sites for hydroxylation is 1. The topological polar surface area (TPSA) is 8.17 Å². The van der Waals surface area contributed by atoms with E-state index in [2.05, 4.69) is 47.8 Å². The normalized spacial score (nSPS) is 22.4. The molecule has 2 aromatic carbocycles. The summed E-state index contributed by atoms with van der Waals surface area (Å²) in [5, 5.41) is 1.36. The van der Waals surface area contributed by atoms with Gasteiger partial charge in [-0.1, -0.05) is 29.8 Å². The Labute approximate surface area is 159 Å². The number of allylic oxidation sites excluding steroid dienone is 1. The average molecular weight is 360 g/mol. The number of fused-ring (bicyclic) bond motifs is 6. The fourth-order valence-electron chi connectivity index (χ4n) is 5.11. The van der Waals surface area contributed by atoms with Gasteiger partial charge in [0.15, 0.2) is 0 Å². The SMILES string of the molecule is C/C(=C\n1c2c(c3cc(C)ccc31)C1CCC(C2)N1C)c1ccccc1F. The van der Waals surface area contributed by atoms with Crippen LogP contribution in [0.15, 0.2) is 42.5 Å². The Hall–Kier alpha value is -2.39. The fraction of sp³-hybridized carbons (Fsp3) is 0.333. The monoisotopic (exact) mass is 360 g/mol. The molecule has 0 amide bonds. The van der Waals surface area contributed by atoms with Gasteiger partial charge >= 0.3 is 0 Å². The molecule has 3 heterocycles. The van der Waals surface area contributed by atoms with Crippen molar-refractivity contribution in [3.63, 3.8) is 0 Å². The Balaban J connectivity index is 1.75. The van der Waals surface area contributed by atoms with Gasteiger partial charge in [-0.2, -0.15) is 0 Å². The highest BCUT2D eigenvalue weighted by Gasteiger charge is 2.40. The molecule has 1 saturated heterocycles. The molecule has 138 valence electrons. The van der Waals surface area contributed by atoms with Gasteiger partial charge in [-0.05, 0) is 63.1 Å². The van der Waals surface area contributed by atoms with Gasteiger partial charge in [-0.15, -0.1) is 0 Å². The molecule has 5 rings (SSSR count). The number of halogens is 1.